The summed E-state index contributed by atoms with van der Waals surface area (Å²) in [5.41, 5.74) is 0.918. The second-order valence-corrected chi connectivity index (χ2v) is 7.37. The number of carbonyl (C=O) groups excluding carboxylic acids is 1. The van der Waals surface area contributed by atoms with Gasteiger partial charge in [-0.3, -0.25) is 0 Å². The summed E-state index contributed by atoms with van der Waals surface area (Å²) >= 11 is 0. The molecule has 2 atom stereocenters. The zero-order valence-electron chi connectivity index (χ0n) is 12.6. The van der Waals surface area contributed by atoms with Crippen LogP contribution in [0.25, 0.3) is 0 Å². The molecule has 7 heteroatoms. The Labute approximate surface area is 131 Å². The van der Waals surface area contributed by atoms with Crippen LogP contribution in [0.5, 0.6) is 0 Å². The number of carbonyl (C=O) groups is 1. The SMILES string of the molecule is CC1C(CS(N)(=O)=O)CCCN1C(=O)OCc1ccccc1. The first kappa shape index (κ1) is 16.8. The monoisotopic (exact) mass is 326 g/mol. The summed E-state index contributed by atoms with van der Waals surface area (Å²) < 4.78 is 27.9. The third-order valence-electron chi connectivity index (χ3n) is 4.03. The van der Waals surface area contributed by atoms with Gasteiger partial charge in [0.2, 0.25) is 10.0 Å². The predicted octanol–water partition coefficient (Wildman–Crippen LogP) is 1.71. The van der Waals surface area contributed by atoms with Crippen molar-refractivity contribution in [2.24, 2.45) is 11.1 Å². The average molecular weight is 326 g/mol. The standard InChI is InChI=1S/C15H22N2O4S/c1-12-14(11-22(16,19)20)8-5-9-17(12)15(18)21-10-13-6-3-2-4-7-13/h2-4,6-7,12,14H,5,8-11H2,1H3,(H2,16,19,20). The molecule has 0 aliphatic carbocycles. The van der Waals surface area contributed by atoms with Crippen LogP contribution in [0.15, 0.2) is 30.3 Å². The highest BCUT2D eigenvalue weighted by Crippen LogP contribution is 2.25. The third-order valence-corrected chi connectivity index (χ3v) is 4.93. The van der Waals surface area contributed by atoms with Crippen molar-refractivity contribution in [3.63, 3.8) is 0 Å². The lowest BCUT2D eigenvalue weighted by Gasteiger charge is -2.38. The Bertz CT molecular complexity index is 603. The molecule has 22 heavy (non-hydrogen) atoms. The number of piperidine rings is 1. The summed E-state index contributed by atoms with van der Waals surface area (Å²) in [5, 5.41) is 5.12. The van der Waals surface area contributed by atoms with Gasteiger partial charge in [0.25, 0.3) is 0 Å². The topological polar surface area (TPSA) is 89.7 Å². The van der Waals surface area contributed by atoms with E-state index in [4.69, 9.17) is 9.88 Å². The third kappa shape index (κ3) is 4.71. The molecule has 6 nitrogen and oxygen atoms in total. The molecule has 1 aliphatic rings. The Kier molecular flexibility index (Phi) is 5.42. The number of benzene rings is 1. The second-order valence-electron chi connectivity index (χ2n) is 5.71. The summed E-state index contributed by atoms with van der Waals surface area (Å²) in [7, 11) is -3.54. The smallest absolute Gasteiger partial charge is 0.410 e. The molecule has 1 heterocycles. The van der Waals surface area contributed by atoms with Crippen LogP contribution >= 0.6 is 0 Å². The zero-order valence-corrected chi connectivity index (χ0v) is 13.5. The number of rotatable bonds is 4. The summed E-state index contributed by atoms with van der Waals surface area (Å²) in [6.45, 7) is 2.64. The van der Waals surface area contributed by atoms with Crippen molar-refractivity contribution in [3.05, 3.63) is 35.9 Å². The lowest BCUT2D eigenvalue weighted by atomic mass is 9.92. The van der Waals surface area contributed by atoms with Gasteiger partial charge in [-0.15, -0.1) is 0 Å². The highest BCUT2D eigenvalue weighted by molar-refractivity contribution is 7.89. The van der Waals surface area contributed by atoms with E-state index < -0.39 is 16.1 Å². The Morgan fingerprint density at radius 3 is 2.68 bits per heavy atom. The molecule has 1 aromatic rings. The molecule has 1 fully saturated rings. The number of hydrogen-bond donors (Lipinski definition) is 1. The average Bonchev–Trinajstić information content (AvgIpc) is 2.47. The van der Waals surface area contributed by atoms with E-state index in [0.29, 0.717) is 6.54 Å². The number of ether oxygens (including phenoxy) is 1. The molecule has 1 amide bonds. The van der Waals surface area contributed by atoms with Gasteiger partial charge in [0, 0.05) is 12.6 Å². The normalized spacial score (nSPS) is 22.4. The molecule has 2 unspecified atom stereocenters. The van der Waals surface area contributed by atoms with Gasteiger partial charge in [-0.2, -0.15) is 0 Å². The van der Waals surface area contributed by atoms with E-state index in [1.165, 1.54) is 0 Å². The van der Waals surface area contributed by atoms with Crippen LogP contribution in [0.3, 0.4) is 0 Å². The van der Waals surface area contributed by atoms with E-state index in [-0.39, 0.29) is 24.3 Å². The van der Waals surface area contributed by atoms with E-state index in [9.17, 15) is 13.2 Å². The Balaban J connectivity index is 1.94. The minimum absolute atomic E-state index is 0.101. The van der Waals surface area contributed by atoms with Crippen LogP contribution in [0.1, 0.15) is 25.3 Å². The van der Waals surface area contributed by atoms with Crippen molar-refractivity contribution in [3.8, 4) is 0 Å². The molecular weight excluding hydrogens is 304 g/mol. The van der Waals surface area contributed by atoms with Crippen molar-refractivity contribution in [1.82, 2.24) is 4.90 Å². The lowest BCUT2D eigenvalue weighted by molar-refractivity contribution is 0.0579. The molecule has 122 valence electrons. The Hall–Kier alpha value is -1.60. The van der Waals surface area contributed by atoms with E-state index in [1.54, 1.807) is 4.90 Å². The number of nitrogens with two attached hydrogens (primary N) is 1. The maximum Gasteiger partial charge on any atom is 0.410 e. The predicted molar refractivity (Wildman–Crippen MR) is 83.5 cm³/mol. The molecule has 0 bridgehead atoms. The van der Waals surface area contributed by atoms with Crippen LogP contribution in [0.4, 0.5) is 4.79 Å². The minimum Gasteiger partial charge on any atom is -0.445 e. The Morgan fingerprint density at radius 1 is 1.36 bits per heavy atom. The minimum atomic E-state index is -3.54. The van der Waals surface area contributed by atoms with Crippen LogP contribution in [-0.2, 0) is 21.4 Å². The first-order valence-electron chi connectivity index (χ1n) is 7.34. The number of hydrogen-bond acceptors (Lipinski definition) is 4. The van der Waals surface area contributed by atoms with Gasteiger partial charge in [-0.25, -0.2) is 18.4 Å². The maximum absolute atomic E-state index is 12.2. The summed E-state index contributed by atoms with van der Waals surface area (Å²) in [5.74, 6) is -0.246. The van der Waals surface area contributed by atoms with E-state index in [2.05, 4.69) is 0 Å². The first-order valence-corrected chi connectivity index (χ1v) is 9.06. The molecular formula is C15H22N2O4S. The van der Waals surface area contributed by atoms with Crippen molar-refractivity contribution in [2.45, 2.75) is 32.4 Å². The number of primary sulfonamides is 1. The van der Waals surface area contributed by atoms with Gasteiger partial charge in [0.1, 0.15) is 6.61 Å². The fourth-order valence-electron chi connectivity index (χ4n) is 2.80. The molecule has 1 aliphatic heterocycles. The maximum atomic E-state index is 12.2. The fourth-order valence-corrected chi connectivity index (χ4v) is 3.85. The van der Waals surface area contributed by atoms with Gasteiger partial charge in [-0.1, -0.05) is 30.3 Å². The largest absolute Gasteiger partial charge is 0.445 e. The summed E-state index contributed by atoms with van der Waals surface area (Å²) in [6.07, 6.45) is 1.10. The van der Waals surface area contributed by atoms with Crippen molar-refractivity contribution < 1.29 is 17.9 Å². The molecule has 0 spiro atoms. The van der Waals surface area contributed by atoms with Crippen LogP contribution in [0, 0.1) is 5.92 Å². The van der Waals surface area contributed by atoms with E-state index >= 15 is 0 Å². The fraction of sp³-hybridized carbons (Fsp3) is 0.533. The summed E-state index contributed by atoms with van der Waals surface area (Å²) in [4.78, 5) is 13.8. The van der Waals surface area contributed by atoms with Gasteiger partial charge < -0.3 is 9.64 Å². The molecule has 1 saturated heterocycles. The number of amides is 1. The van der Waals surface area contributed by atoms with Crippen LogP contribution in [0.2, 0.25) is 0 Å². The number of sulfonamides is 1. The lowest BCUT2D eigenvalue weighted by Crippen LogP contribution is -2.49. The van der Waals surface area contributed by atoms with Crippen molar-refractivity contribution in [2.75, 3.05) is 12.3 Å². The molecule has 2 rings (SSSR count). The molecule has 1 aromatic carbocycles. The highest BCUT2D eigenvalue weighted by Gasteiger charge is 2.33. The molecule has 2 N–H and O–H groups in total. The first-order chi connectivity index (χ1) is 10.4. The van der Waals surface area contributed by atoms with Gasteiger partial charge in [0.15, 0.2) is 0 Å². The zero-order chi connectivity index (χ0) is 16.2. The van der Waals surface area contributed by atoms with E-state index in [0.717, 1.165) is 18.4 Å². The van der Waals surface area contributed by atoms with Gasteiger partial charge in [-0.05, 0) is 31.2 Å². The van der Waals surface area contributed by atoms with E-state index in [1.807, 2.05) is 37.3 Å². The van der Waals surface area contributed by atoms with Gasteiger partial charge in [0.05, 0.1) is 5.75 Å². The Morgan fingerprint density at radius 2 is 2.05 bits per heavy atom. The van der Waals surface area contributed by atoms with Crippen LogP contribution in [-0.4, -0.2) is 37.8 Å². The number of nitrogens with zero attached hydrogens (tertiary/aromatic N) is 1. The van der Waals surface area contributed by atoms with Gasteiger partial charge >= 0.3 is 6.09 Å². The molecule has 0 aromatic heterocycles. The number of likely N-dealkylation sites (tertiary alicyclic amines) is 1. The summed E-state index contributed by atoms with van der Waals surface area (Å²) in [6, 6.07) is 9.24. The second kappa shape index (κ2) is 7.11. The van der Waals surface area contributed by atoms with Crippen molar-refractivity contribution in [1.29, 1.82) is 0 Å². The molecule has 0 saturated carbocycles. The molecule has 0 radical (unpaired) electrons. The highest BCUT2D eigenvalue weighted by atomic mass is 32.2. The quantitative estimate of drug-likeness (QED) is 0.912. The van der Waals surface area contributed by atoms with Crippen molar-refractivity contribution >= 4 is 16.1 Å². The van der Waals surface area contributed by atoms with Crippen LogP contribution < -0.4 is 5.14 Å².